The number of unbranched alkanes of at least 4 members (excludes halogenated alkanes) is 3. The summed E-state index contributed by atoms with van der Waals surface area (Å²) in [5.41, 5.74) is -1.15. The van der Waals surface area contributed by atoms with Crippen LogP contribution in [0.2, 0.25) is 0 Å². The Hall–Kier alpha value is -2.86. The topological polar surface area (TPSA) is 150 Å². The van der Waals surface area contributed by atoms with Gasteiger partial charge in [0.05, 0.1) is 12.4 Å². The van der Waals surface area contributed by atoms with Crippen molar-refractivity contribution in [1.82, 2.24) is 19.9 Å². The molecule has 0 spiro atoms. The van der Waals surface area contributed by atoms with Crippen LogP contribution in [0.15, 0.2) is 22.0 Å². The first-order chi connectivity index (χ1) is 13.3. The second kappa shape index (κ2) is 10.5. The lowest BCUT2D eigenvalue weighted by Gasteiger charge is -2.04. The van der Waals surface area contributed by atoms with Crippen LogP contribution in [0, 0.1) is 9.54 Å². The molecule has 0 amide bonds. The zero-order valence-corrected chi connectivity index (χ0v) is 16.3. The number of rotatable bonds is 9. The van der Waals surface area contributed by atoms with Crippen molar-refractivity contribution in [3.63, 3.8) is 0 Å². The summed E-state index contributed by atoms with van der Waals surface area (Å²) in [6, 6.07) is 0. The lowest BCUT2D eigenvalue weighted by Crippen LogP contribution is -2.17. The van der Waals surface area contributed by atoms with Gasteiger partial charge in [-0.25, -0.2) is 0 Å². The molecule has 0 fully saturated rings. The van der Waals surface area contributed by atoms with E-state index >= 15 is 0 Å². The van der Waals surface area contributed by atoms with E-state index in [0.29, 0.717) is 25.7 Å². The number of nitrogens with one attached hydrogen (secondary N) is 4. The van der Waals surface area contributed by atoms with Crippen molar-refractivity contribution in [2.75, 3.05) is 0 Å². The molecular weight excluding hydrogens is 408 g/mol. The molecule has 0 aromatic carbocycles. The fourth-order valence-corrected chi connectivity index (χ4v) is 2.49. The highest BCUT2D eigenvalue weighted by molar-refractivity contribution is 7.71. The molecule has 0 aliphatic rings. The molecule has 0 bridgehead atoms. The van der Waals surface area contributed by atoms with Gasteiger partial charge < -0.3 is 19.4 Å². The molecule has 2 heterocycles. The van der Waals surface area contributed by atoms with Crippen LogP contribution in [0.4, 0.5) is 0 Å². The molecule has 0 aliphatic carbocycles. The third-order valence-electron chi connectivity index (χ3n) is 3.53. The Morgan fingerprint density at radius 2 is 1.14 bits per heavy atom. The van der Waals surface area contributed by atoms with Gasteiger partial charge in [0, 0.05) is 12.8 Å². The molecule has 10 nitrogen and oxygen atoms in total. The Kier molecular flexibility index (Phi) is 8.02. The van der Waals surface area contributed by atoms with Crippen LogP contribution in [0.1, 0.15) is 38.5 Å². The Morgan fingerprint density at radius 1 is 0.750 bits per heavy atom. The standard InChI is InChI=1S/C16H18N4O6S2/c21-11(25-9-7-17-15(27)19-13(9)23)5-3-1-2-4-6-12(22)26-10-8-18-16(28)20-14(10)24/h7-8H,1-6H2,(H2,17,19,23,27)(H2,18,20,24,28). The summed E-state index contributed by atoms with van der Waals surface area (Å²) in [5.74, 6) is -1.34. The van der Waals surface area contributed by atoms with E-state index in [4.69, 9.17) is 33.9 Å². The van der Waals surface area contributed by atoms with Crippen LogP contribution < -0.4 is 20.6 Å². The number of H-pyrrole nitrogens is 4. The van der Waals surface area contributed by atoms with Crippen molar-refractivity contribution >= 4 is 36.4 Å². The van der Waals surface area contributed by atoms with E-state index in [1.54, 1.807) is 0 Å². The SMILES string of the molecule is O=C(CCCCCCC(=O)Oc1c[nH]c(=S)[nH]c1=O)Oc1c[nH]c(=S)[nH]c1=O. The summed E-state index contributed by atoms with van der Waals surface area (Å²) in [6.45, 7) is 0. The predicted octanol–water partition coefficient (Wildman–Crippen LogP) is 2.03. The largest absolute Gasteiger partial charge is 0.419 e. The summed E-state index contributed by atoms with van der Waals surface area (Å²) in [4.78, 5) is 56.3. The van der Waals surface area contributed by atoms with Crippen LogP contribution in [0.25, 0.3) is 0 Å². The highest BCUT2D eigenvalue weighted by Gasteiger charge is 2.10. The molecule has 0 radical (unpaired) electrons. The zero-order valence-electron chi connectivity index (χ0n) is 14.7. The summed E-state index contributed by atoms with van der Waals surface area (Å²) < 4.78 is 10.2. The number of esters is 2. The van der Waals surface area contributed by atoms with E-state index in [0.717, 1.165) is 0 Å². The van der Waals surface area contributed by atoms with Gasteiger partial charge in [0.1, 0.15) is 0 Å². The summed E-state index contributed by atoms with van der Waals surface area (Å²) >= 11 is 9.48. The second-order valence-electron chi connectivity index (χ2n) is 5.73. The molecular formula is C16H18N4O6S2. The van der Waals surface area contributed by atoms with Crippen LogP contribution in [-0.4, -0.2) is 31.9 Å². The first-order valence-corrected chi connectivity index (χ1v) is 9.22. The minimum Gasteiger partial charge on any atom is -0.419 e. The number of ether oxygens (including phenoxy) is 2. The fraction of sp³-hybridized carbons (Fsp3) is 0.375. The van der Waals surface area contributed by atoms with Gasteiger partial charge in [0.25, 0.3) is 11.1 Å². The normalized spacial score (nSPS) is 10.4. The minimum absolute atomic E-state index is 0.137. The Bertz CT molecular complexity index is 982. The van der Waals surface area contributed by atoms with Crippen LogP contribution in [-0.2, 0) is 9.59 Å². The second-order valence-corrected chi connectivity index (χ2v) is 6.55. The fourth-order valence-electron chi connectivity index (χ4n) is 2.19. The van der Waals surface area contributed by atoms with Gasteiger partial charge in [-0.2, -0.15) is 0 Å². The lowest BCUT2D eigenvalue weighted by atomic mass is 10.1. The van der Waals surface area contributed by atoms with Crippen molar-refractivity contribution in [1.29, 1.82) is 0 Å². The van der Waals surface area contributed by atoms with E-state index in [2.05, 4.69) is 19.9 Å². The highest BCUT2D eigenvalue weighted by atomic mass is 32.1. The molecule has 4 N–H and O–H groups in total. The molecule has 28 heavy (non-hydrogen) atoms. The molecule has 12 heteroatoms. The average Bonchev–Trinajstić information content (AvgIpc) is 2.63. The summed E-state index contributed by atoms with van der Waals surface area (Å²) in [5, 5.41) is 0. The lowest BCUT2D eigenvalue weighted by molar-refractivity contribution is -0.135. The monoisotopic (exact) mass is 426 g/mol. The predicted molar refractivity (Wildman–Crippen MR) is 103 cm³/mol. The quantitative estimate of drug-likeness (QED) is 0.270. The van der Waals surface area contributed by atoms with Crippen molar-refractivity contribution in [2.24, 2.45) is 0 Å². The maximum Gasteiger partial charge on any atom is 0.311 e. The zero-order chi connectivity index (χ0) is 20.5. The van der Waals surface area contributed by atoms with Crippen molar-refractivity contribution in [3.8, 4) is 11.5 Å². The van der Waals surface area contributed by atoms with Crippen molar-refractivity contribution in [2.45, 2.75) is 38.5 Å². The maximum atomic E-state index is 11.7. The Labute approximate surface area is 168 Å². The van der Waals surface area contributed by atoms with Crippen LogP contribution >= 0.6 is 24.4 Å². The Morgan fingerprint density at radius 3 is 1.50 bits per heavy atom. The minimum atomic E-state index is -0.575. The third kappa shape index (κ3) is 7.04. The van der Waals surface area contributed by atoms with Gasteiger partial charge in [0.15, 0.2) is 9.54 Å². The molecule has 150 valence electrons. The number of aromatic nitrogens is 4. The average molecular weight is 426 g/mol. The number of aromatic amines is 4. The molecule has 2 rings (SSSR count). The van der Waals surface area contributed by atoms with E-state index in [1.807, 2.05) is 0 Å². The third-order valence-corrected chi connectivity index (χ3v) is 3.97. The molecule has 2 aromatic rings. The number of hydrogen-bond acceptors (Lipinski definition) is 8. The summed E-state index contributed by atoms with van der Waals surface area (Å²) in [7, 11) is 0. The molecule has 0 unspecified atom stereocenters. The van der Waals surface area contributed by atoms with E-state index in [9.17, 15) is 19.2 Å². The Balaban J connectivity index is 1.62. The molecule has 0 saturated carbocycles. The summed E-state index contributed by atoms with van der Waals surface area (Å²) in [6.07, 6.45) is 5.21. The van der Waals surface area contributed by atoms with Crippen LogP contribution in [0.3, 0.4) is 0 Å². The van der Waals surface area contributed by atoms with E-state index in [-0.39, 0.29) is 33.9 Å². The highest BCUT2D eigenvalue weighted by Crippen LogP contribution is 2.09. The van der Waals surface area contributed by atoms with Gasteiger partial charge in [-0.1, -0.05) is 12.8 Å². The number of hydrogen-bond donors (Lipinski definition) is 4. The number of carbonyl (C=O) groups excluding carboxylic acids is 2. The maximum absolute atomic E-state index is 11.7. The molecule has 2 aromatic heterocycles. The van der Waals surface area contributed by atoms with E-state index in [1.165, 1.54) is 12.4 Å². The van der Waals surface area contributed by atoms with Gasteiger partial charge in [-0.15, -0.1) is 0 Å². The molecule has 0 aliphatic heterocycles. The van der Waals surface area contributed by atoms with Gasteiger partial charge >= 0.3 is 11.9 Å². The first-order valence-electron chi connectivity index (χ1n) is 8.40. The van der Waals surface area contributed by atoms with Crippen LogP contribution in [0.5, 0.6) is 11.5 Å². The van der Waals surface area contributed by atoms with Gasteiger partial charge in [-0.05, 0) is 37.3 Å². The first kappa shape index (κ1) is 21.4. The van der Waals surface area contributed by atoms with Gasteiger partial charge in [-0.3, -0.25) is 29.1 Å². The van der Waals surface area contributed by atoms with Crippen molar-refractivity contribution < 1.29 is 19.1 Å². The van der Waals surface area contributed by atoms with E-state index < -0.39 is 23.1 Å². The van der Waals surface area contributed by atoms with Gasteiger partial charge in [0.2, 0.25) is 11.5 Å². The smallest absolute Gasteiger partial charge is 0.311 e. The molecule has 0 atom stereocenters. The van der Waals surface area contributed by atoms with Crippen molar-refractivity contribution in [3.05, 3.63) is 42.6 Å². The number of carbonyl (C=O) groups is 2. The molecule has 0 saturated heterocycles.